The van der Waals surface area contributed by atoms with Gasteiger partial charge in [-0.25, -0.2) is 0 Å². The number of piperazine rings is 1. The van der Waals surface area contributed by atoms with Crippen molar-refractivity contribution in [1.82, 2.24) is 14.7 Å². The zero-order chi connectivity index (χ0) is 19.1. The van der Waals surface area contributed by atoms with Crippen LogP contribution in [0.1, 0.15) is 22.9 Å². The largest absolute Gasteiger partial charge is 0.492 e. The predicted octanol–water partition coefficient (Wildman–Crippen LogP) is 3.70. The summed E-state index contributed by atoms with van der Waals surface area (Å²) in [5.41, 5.74) is 2.66. The van der Waals surface area contributed by atoms with Crippen molar-refractivity contribution in [3.63, 3.8) is 0 Å². The Morgan fingerprint density at radius 3 is 2.48 bits per heavy atom. The zero-order valence-corrected chi connectivity index (χ0v) is 17.8. The average molecular weight is 388 g/mol. The van der Waals surface area contributed by atoms with E-state index >= 15 is 0 Å². The lowest BCUT2D eigenvalue weighted by molar-refractivity contribution is 0.120. The van der Waals surface area contributed by atoms with E-state index in [1.807, 2.05) is 11.3 Å². The highest BCUT2D eigenvalue weighted by Crippen LogP contribution is 2.22. The van der Waals surface area contributed by atoms with E-state index in [1.165, 1.54) is 29.1 Å². The van der Waals surface area contributed by atoms with E-state index in [0.29, 0.717) is 0 Å². The molecular formula is C22H33N3OS. The molecule has 5 heteroatoms. The van der Waals surface area contributed by atoms with Crippen LogP contribution in [0.2, 0.25) is 0 Å². The molecule has 0 unspecified atom stereocenters. The van der Waals surface area contributed by atoms with Crippen molar-refractivity contribution < 1.29 is 4.74 Å². The number of rotatable bonds is 9. The van der Waals surface area contributed by atoms with Gasteiger partial charge in [-0.15, -0.1) is 11.3 Å². The molecule has 0 radical (unpaired) electrons. The third-order valence-electron chi connectivity index (χ3n) is 5.37. The summed E-state index contributed by atoms with van der Waals surface area (Å²) in [6.45, 7) is 13.9. The van der Waals surface area contributed by atoms with Gasteiger partial charge in [0.2, 0.25) is 0 Å². The van der Waals surface area contributed by atoms with Crippen LogP contribution in [-0.2, 0) is 13.1 Å². The molecule has 4 nitrogen and oxygen atoms in total. The molecule has 0 saturated carbocycles. The molecular weight excluding hydrogens is 354 g/mol. The summed E-state index contributed by atoms with van der Waals surface area (Å²) >= 11 is 1.84. The molecule has 0 spiro atoms. The summed E-state index contributed by atoms with van der Waals surface area (Å²) in [5.74, 6) is 1.03. The van der Waals surface area contributed by atoms with Crippen LogP contribution in [0, 0.1) is 6.92 Å². The summed E-state index contributed by atoms with van der Waals surface area (Å²) in [6.07, 6.45) is 0. The highest BCUT2D eigenvalue weighted by Gasteiger charge is 2.15. The Balaban J connectivity index is 1.48. The van der Waals surface area contributed by atoms with Gasteiger partial charge in [-0.1, -0.05) is 25.1 Å². The van der Waals surface area contributed by atoms with E-state index in [4.69, 9.17) is 4.74 Å². The Bertz CT molecular complexity index is 694. The van der Waals surface area contributed by atoms with Gasteiger partial charge in [0.15, 0.2) is 0 Å². The van der Waals surface area contributed by atoms with Gasteiger partial charge in [0.25, 0.3) is 0 Å². The van der Waals surface area contributed by atoms with Gasteiger partial charge < -0.3 is 9.64 Å². The Labute approximate surface area is 168 Å². The fourth-order valence-corrected chi connectivity index (χ4v) is 4.53. The average Bonchev–Trinajstić information content (AvgIpc) is 3.08. The number of benzene rings is 1. The van der Waals surface area contributed by atoms with Crippen LogP contribution in [-0.4, -0.2) is 67.6 Å². The number of hydrogen-bond donors (Lipinski definition) is 0. The van der Waals surface area contributed by atoms with Crippen LogP contribution in [0.3, 0.4) is 0 Å². The van der Waals surface area contributed by atoms with E-state index in [2.05, 4.69) is 71.3 Å². The molecule has 0 aliphatic carbocycles. The Morgan fingerprint density at radius 1 is 1.04 bits per heavy atom. The Hall–Kier alpha value is -1.40. The molecule has 1 saturated heterocycles. The van der Waals surface area contributed by atoms with Crippen molar-refractivity contribution in [2.24, 2.45) is 0 Å². The fraction of sp³-hybridized carbons (Fsp3) is 0.545. The van der Waals surface area contributed by atoms with Gasteiger partial charge in [-0.3, -0.25) is 9.80 Å². The van der Waals surface area contributed by atoms with Gasteiger partial charge >= 0.3 is 0 Å². The molecule has 1 fully saturated rings. The molecule has 2 heterocycles. The monoisotopic (exact) mass is 387 g/mol. The maximum Gasteiger partial charge on any atom is 0.123 e. The van der Waals surface area contributed by atoms with Crippen molar-refractivity contribution in [3.8, 4) is 5.75 Å². The highest BCUT2D eigenvalue weighted by atomic mass is 32.1. The molecule has 1 aromatic heterocycles. The van der Waals surface area contributed by atoms with Crippen molar-refractivity contribution in [2.75, 3.05) is 52.9 Å². The summed E-state index contributed by atoms with van der Waals surface area (Å²) in [6, 6.07) is 10.7. The number of nitrogens with zero attached hydrogens (tertiary/aromatic N) is 3. The number of ether oxygens (including phenoxy) is 1. The normalized spacial score (nSPS) is 16.1. The van der Waals surface area contributed by atoms with E-state index in [9.17, 15) is 0 Å². The number of hydrogen-bond acceptors (Lipinski definition) is 5. The number of para-hydroxylation sites is 1. The molecule has 0 amide bonds. The minimum absolute atomic E-state index is 0.761. The third-order valence-corrected chi connectivity index (χ3v) is 6.38. The van der Waals surface area contributed by atoms with E-state index in [0.717, 1.165) is 51.6 Å². The van der Waals surface area contributed by atoms with E-state index in [-0.39, 0.29) is 0 Å². The number of aryl methyl sites for hydroxylation is 1. The first-order valence-corrected chi connectivity index (χ1v) is 10.9. The molecule has 0 atom stereocenters. The Kier molecular flexibility index (Phi) is 7.70. The molecule has 3 rings (SSSR count). The molecule has 1 aliphatic heterocycles. The van der Waals surface area contributed by atoms with Gasteiger partial charge in [0.05, 0.1) is 0 Å². The van der Waals surface area contributed by atoms with Gasteiger partial charge in [0, 0.05) is 56.3 Å². The summed E-state index contributed by atoms with van der Waals surface area (Å²) in [7, 11) is 2.18. The van der Waals surface area contributed by atoms with Gasteiger partial charge in [-0.2, -0.15) is 0 Å². The van der Waals surface area contributed by atoms with E-state index in [1.54, 1.807) is 0 Å². The van der Waals surface area contributed by atoms with Crippen LogP contribution >= 0.6 is 11.3 Å². The van der Waals surface area contributed by atoms with Crippen LogP contribution in [0.25, 0.3) is 0 Å². The lowest BCUT2D eigenvalue weighted by atomic mass is 10.2. The second-order valence-corrected chi connectivity index (χ2v) is 8.43. The maximum atomic E-state index is 6.17. The molecule has 0 N–H and O–H groups in total. The quantitative estimate of drug-likeness (QED) is 0.653. The molecule has 27 heavy (non-hydrogen) atoms. The highest BCUT2D eigenvalue weighted by molar-refractivity contribution is 7.10. The van der Waals surface area contributed by atoms with Crippen LogP contribution in [0.5, 0.6) is 5.75 Å². The second-order valence-electron chi connectivity index (χ2n) is 7.43. The van der Waals surface area contributed by atoms with E-state index < -0.39 is 0 Å². The third kappa shape index (κ3) is 6.04. The molecule has 2 aromatic rings. The first-order valence-electron chi connectivity index (χ1n) is 10.0. The lowest BCUT2D eigenvalue weighted by Crippen LogP contribution is -2.47. The first-order chi connectivity index (χ1) is 13.2. The van der Waals surface area contributed by atoms with Crippen LogP contribution in [0.4, 0.5) is 0 Å². The van der Waals surface area contributed by atoms with Gasteiger partial charge in [-0.05, 0) is 43.6 Å². The minimum atomic E-state index is 0.761. The smallest absolute Gasteiger partial charge is 0.123 e. The van der Waals surface area contributed by atoms with Crippen molar-refractivity contribution in [1.29, 1.82) is 0 Å². The minimum Gasteiger partial charge on any atom is -0.492 e. The fourth-order valence-electron chi connectivity index (χ4n) is 3.55. The topological polar surface area (TPSA) is 19.0 Å². The van der Waals surface area contributed by atoms with Crippen LogP contribution in [0.15, 0.2) is 35.7 Å². The van der Waals surface area contributed by atoms with Crippen LogP contribution < -0.4 is 4.74 Å². The lowest BCUT2D eigenvalue weighted by Gasteiger charge is -2.33. The summed E-state index contributed by atoms with van der Waals surface area (Å²) < 4.78 is 6.17. The summed E-state index contributed by atoms with van der Waals surface area (Å²) in [4.78, 5) is 8.84. The molecule has 1 aromatic carbocycles. The summed E-state index contributed by atoms with van der Waals surface area (Å²) in [5, 5.41) is 2.18. The SMILES string of the molecule is CCN1CCN(CCOc2ccccc2CN(C)Cc2sccc2C)CC1. The Morgan fingerprint density at radius 2 is 1.78 bits per heavy atom. The zero-order valence-electron chi connectivity index (χ0n) is 17.0. The van der Waals surface area contributed by atoms with Crippen molar-refractivity contribution in [2.45, 2.75) is 26.9 Å². The molecule has 0 bridgehead atoms. The standard InChI is InChI=1S/C22H33N3OS/c1-4-24-10-12-25(13-11-24)14-15-26-21-8-6-5-7-20(21)17-23(3)18-22-19(2)9-16-27-22/h5-9,16H,4,10-15,17-18H2,1-3H3. The van der Waals surface area contributed by atoms with Crippen molar-refractivity contribution in [3.05, 3.63) is 51.7 Å². The number of likely N-dealkylation sites (N-methyl/N-ethyl adjacent to an activating group) is 1. The molecule has 1 aliphatic rings. The van der Waals surface area contributed by atoms with Gasteiger partial charge in [0.1, 0.15) is 12.4 Å². The molecule has 148 valence electrons. The maximum absolute atomic E-state index is 6.17. The van der Waals surface area contributed by atoms with Crippen molar-refractivity contribution >= 4 is 11.3 Å². The first kappa shape index (κ1) is 20.3. The second kappa shape index (κ2) is 10.2. The predicted molar refractivity (Wildman–Crippen MR) is 115 cm³/mol. The number of thiophene rings is 1.